The van der Waals surface area contributed by atoms with Crippen LogP contribution in [-0.2, 0) is 6.42 Å². The molecule has 0 spiro atoms. The lowest BCUT2D eigenvalue weighted by Gasteiger charge is -2.00. The largest absolute Gasteiger partial charge is 0.441 e. The molecule has 2 aromatic rings. The van der Waals surface area contributed by atoms with E-state index >= 15 is 0 Å². The number of hydrogen-bond donors (Lipinski definition) is 1. The maximum absolute atomic E-state index is 13.2. The minimum Gasteiger partial charge on any atom is -0.441 e. The van der Waals surface area contributed by atoms with E-state index in [1.165, 1.54) is 6.07 Å². The standard InChI is InChI=1S/C15H19FN2O/c1-3-7-17-8-6-15-18-10-14(19-15)12-4-5-13(16)11(2)9-12/h4-5,9-10,17H,3,6-8H2,1-2H3. The Labute approximate surface area is 112 Å². The molecule has 102 valence electrons. The number of hydrogen-bond acceptors (Lipinski definition) is 3. The van der Waals surface area contributed by atoms with Gasteiger partial charge in [-0.25, -0.2) is 9.37 Å². The molecule has 0 amide bonds. The average molecular weight is 262 g/mol. The van der Waals surface area contributed by atoms with E-state index in [1.54, 1.807) is 25.3 Å². The molecule has 1 aromatic heterocycles. The van der Waals surface area contributed by atoms with Crippen LogP contribution in [0.3, 0.4) is 0 Å². The number of halogens is 1. The van der Waals surface area contributed by atoms with Crippen molar-refractivity contribution in [2.24, 2.45) is 0 Å². The number of nitrogens with one attached hydrogen (secondary N) is 1. The number of oxazole rings is 1. The van der Waals surface area contributed by atoms with Crippen LogP contribution >= 0.6 is 0 Å². The maximum Gasteiger partial charge on any atom is 0.196 e. The Bertz CT molecular complexity index is 537. The van der Waals surface area contributed by atoms with Gasteiger partial charge in [0.05, 0.1) is 6.20 Å². The zero-order valence-electron chi connectivity index (χ0n) is 11.4. The summed E-state index contributed by atoms with van der Waals surface area (Å²) in [4.78, 5) is 4.24. The van der Waals surface area contributed by atoms with E-state index in [1.807, 2.05) is 0 Å². The van der Waals surface area contributed by atoms with Gasteiger partial charge in [-0.05, 0) is 43.7 Å². The van der Waals surface area contributed by atoms with E-state index in [0.29, 0.717) is 17.2 Å². The molecule has 3 nitrogen and oxygen atoms in total. The normalized spacial score (nSPS) is 10.9. The van der Waals surface area contributed by atoms with Gasteiger partial charge in [0.25, 0.3) is 0 Å². The Morgan fingerprint density at radius 2 is 2.16 bits per heavy atom. The summed E-state index contributed by atoms with van der Waals surface area (Å²) >= 11 is 0. The monoisotopic (exact) mass is 262 g/mol. The van der Waals surface area contributed by atoms with E-state index in [9.17, 15) is 4.39 Å². The Balaban J connectivity index is 2.01. The van der Waals surface area contributed by atoms with E-state index < -0.39 is 0 Å². The fraction of sp³-hybridized carbons (Fsp3) is 0.400. The van der Waals surface area contributed by atoms with Gasteiger partial charge < -0.3 is 9.73 Å². The van der Waals surface area contributed by atoms with Crippen molar-refractivity contribution in [3.8, 4) is 11.3 Å². The molecule has 1 heterocycles. The van der Waals surface area contributed by atoms with Crippen LogP contribution in [0.4, 0.5) is 4.39 Å². The lowest BCUT2D eigenvalue weighted by molar-refractivity contribution is 0.495. The van der Waals surface area contributed by atoms with Gasteiger partial charge in [0.2, 0.25) is 0 Å². The summed E-state index contributed by atoms with van der Waals surface area (Å²) in [5, 5.41) is 3.30. The molecule has 0 aliphatic carbocycles. The predicted octanol–water partition coefficient (Wildman–Crippen LogP) is 3.33. The van der Waals surface area contributed by atoms with Gasteiger partial charge in [-0.3, -0.25) is 0 Å². The van der Waals surface area contributed by atoms with Gasteiger partial charge in [-0.15, -0.1) is 0 Å². The second-order valence-corrected chi connectivity index (χ2v) is 4.58. The van der Waals surface area contributed by atoms with Crippen LogP contribution in [0.5, 0.6) is 0 Å². The van der Waals surface area contributed by atoms with Crippen LogP contribution in [0.25, 0.3) is 11.3 Å². The topological polar surface area (TPSA) is 38.1 Å². The van der Waals surface area contributed by atoms with E-state index in [4.69, 9.17) is 4.42 Å². The molecule has 0 aliphatic heterocycles. The molecule has 0 aliphatic rings. The highest BCUT2D eigenvalue weighted by Gasteiger charge is 2.07. The quantitative estimate of drug-likeness (QED) is 0.811. The fourth-order valence-corrected chi connectivity index (χ4v) is 1.85. The van der Waals surface area contributed by atoms with Crippen molar-refractivity contribution in [2.75, 3.05) is 13.1 Å². The first-order valence-electron chi connectivity index (χ1n) is 6.62. The van der Waals surface area contributed by atoms with Gasteiger partial charge in [-0.1, -0.05) is 6.92 Å². The number of benzene rings is 1. The van der Waals surface area contributed by atoms with Crippen LogP contribution in [-0.4, -0.2) is 18.1 Å². The Hall–Kier alpha value is -1.68. The first-order valence-corrected chi connectivity index (χ1v) is 6.62. The predicted molar refractivity (Wildman–Crippen MR) is 73.5 cm³/mol. The maximum atomic E-state index is 13.2. The number of aromatic nitrogens is 1. The third-order valence-electron chi connectivity index (χ3n) is 2.94. The van der Waals surface area contributed by atoms with Crippen LogP contribution in [0.15, 0.2) is 28.8 Å². The summed E-state index contributed by atoms with van der Waals surface area (Å²) < 4.78 is 18.9. The van der Waals surface area contributed by atoms with Crippen molar-refractivity contribution >= 4 is 0 Å². The van der Waals surface area contributed by atoms with Gasteiger partial charge in [-0.2, -0.15) is 0 Å². The lowest BCUT2D eigenvalue weighted by Crippen LogP contribution is -2.17. The van der Waals surface area contributed by atoms with Crippen molar-refractivity contribution in [2.45, 2.75) is 26.7 Å². The van der Waals surface area contributed by atoms with Crippen LogP contribution in [0.2, 0.25) is 0 Å². The minimum atomic E-state index is -0.202. The fourth-order valence-electron chi connectivity index (χ4n) is 1.85. The summed E-state index contributed by atoms with van der Waals surface area (Å²) in [5.74, 6) is 1.20. The van der Waals surface area contributed by atoms with Crippen LogP contribution in [0.1, 0.15) is 24.8 Å². The number of nitrogens with zero attached hydrogens (tertiary/aromatic N) is 1. The molecule has 19 heavy (non-hydrogen) atoms. The van der Waals surface area contributed by atoms with E-state index in [2.05, 4.69) is 17.2 Å². The summed E-state index contributed by atoms with van der Waals surface area (Å²) in [5.41, 5.74) is 1.47. The van der Waals surface area contributed by atoms with Crippen molar-refractivity contribution < 1.29 is 8.81 Å². The molecule has 1 aromatic carbocycles. The molecule has 0 radical (unpaired) electrons. The summed E-state index contributed by atoms with van der Waals surface area (Å²) in [7, 11) is 0. The van der Waals surface area contributed by atoms with Crippen molar-refractivity contribution in [3.05, 3.63) is 41.7 Å². The molecule has 0 atom stereocenters. The van der Waals surface area contributed by atoms with Gasteiger partial charge >= 0.3 is 0 Å². The van der Waals surface area contributed by atoms with Crippen molar-refractivity contribution in [3.63, 3.8) is 0 Å². The van der Waals surface area contributed by atoms with Gasteiger partial charge in [0, 0.05) is 18.5 Å². The minimum absolute atomic E-state index is 0.202. The number of rotatable bonds is 6. The SMILES string of the molecule is CCCNCCc1ncc(-c2ccc(F)c(C)c2)o1. The van der Waals surface area contributed by atoms with Crippen molar-refractivity contribution in [1.82, 2.24) is 10.3 Å². The van der Waals surface area contributed by atoms with Gasteiger partial charge in [0.15, 0.2) is 11.7 Å². The van der Waals surface area contributed by atoms with Crippen molar-refractivity contribution in [1.29, 1.82) is 0 Å². The first-order chi connectivity index (χ1) is 9.20. The molecule has 0 saturated carbocycles. The smallest absolute Gasteiger partial charge is 0.196 e. The zero-order chi connectivity index (χ0) is 13.7. The lowest BCUT2D eigenvalue weighted by atomic mass is 10.1. The molecule has 0 bridgehead atoms. The second-order valence-electron chi connectivity index (χ2n) is 4.58. The van der Waals surface area contributed by atoms with E-state index in [0.717, 1.165) is 31.5 Å². The van der Waals surface area contributed by atoms with Crippen LogP contribution < -0.4 is 5.32 Å². The Morgan fingerprint density at radius 1 is 1.32 bits per heavy atom. The summed E-state index contributed by atoms with van der Waals surface area (Å²) in [6.45, 7) is 5.73. The zero-order valence-corrected chi connectivity index (χ0v) is 11.4. The Morgan fingerprint density at radius 3 is 2.89 bits per heavy atom. The van der Waals surface area contributed by atoms with E-state index in [-0.39, 0.29) is 5.82 Å². The third kappa shape index (κ3) is 3.64. The van der Waals surface area contributed by atoms with Crippen LogP contribution in [0, 0.1) is 12.7 Å². The summed E-state index contributed by atoms with van der Waals surface area (Å²) in [6.07, 6.45) is 3.58. The molecule has 0 unspecified atom stereocenters. The first kappa shape index (κ1) is 13.7. The Kier molecular flexibility index (Phi) is 4.68. The molecular formula is C15H19FN2O. The highest BCUT2D eigenvalue weighted by Crippen LogP contribution is 2.22. The highest BCUT2D eigenvalue weighted by atomic mass is 19.1. The molecule has 1 N–H and O–H groups in total. The molecule has 2 rings (SSSR count). The van der Waals surface area contributed by atoms with Gasteiger partial charge in [0.1, 0.15) is 5.82 Å². The second kappa shape index (κ2) is 6.48. The summed E-state index contributed by atoms with van der Waals surface area (Å²) in [6, 6.07) is 4.94. The molecular weight excluding hydrogens is 243 g/mol. The molecule has 4 heteroatoms. The molecule has 0 fully saturated rings. The average Bonchev–Trinajstić information content (AvgIpc) is 2.87. The highest BCUT2D eigenvalue weighted by molar-refractivity contribution is 5.57. The number of aryl methyl sites for hydroxylation is 1. The third-order valence-corrected chi connectivity index (χ3v) is 2.94. The molecule has 0 saturated heterocycles.